The van der Waals surface area contributed by atoms with Crippen molar-refractivity contribution in [2.75, 3.05) is 23.3 Å². The van der Waals surface area contributed by atoms with Crippen molar-refractivity contribution in [1.82, 2.24) is 20.5 Å². The molecule has 184 valence electrons. The van der Waals surface area contributed by atoms with E-state index in [-0.39, 0.29) is 5.91 Å². The van der Waals surface area contributed by atoms with Gasteiger partial charge in [0, 0.05) is 59.8 Å². The van der Waals surface area contributed by atoms with E-state index in [4.69, 9.17) is 23.2 Å². The van der Waals surface area contributed by atoms with Crippen molar-refractivity contribution in [3.05, 3.63) is 81.6 Å². The molecule has 9 heteroatoms. The van der Waals surface area contributed by atoms with Crippen LogP contribution >= 0.6 is 23.2 Å². The summed E-state index contributed by atoms with van der Waals surface area (Å²) < 4.78 is 0. The van der Waals surface area contributed by atoms with Crippen LogP contribution in [0, 0.1) is 0 Å². The molecule has 1 fully saturated rings. The van der Waals surface area contributed by atoms with Crippen LogP contribution in [-0.4, -0.2) is 46.3 Å². The third-order valence-corrected chi connectivity index (χ3v) is 6.81. The lowest BCUT2D eigenvalue weighted by Crippen LogP contribution is -2.54. The van der Waals surface area contributed by atoms with E-state index in [2.05, 4.69) is 44.6 Å². The number of anilines is 2. The first-order valence-corrected chi connectivity index (χ1v) is 12.5. The van der Waals surface area contributed by atoms with E-state index in [9.17, 15) is 4.79 Å². The van der Waals surface area contributed by atoms with Gasteiger partial charge < -0.3 is 15.5 Å². The Morgan fingerprint density at radius 3 is 2.42 bits per heavy atom. The van der Waals surface area contributed by atoms with Crippen molar-refractivity contribution in [2.45, 2.75) is 25.9 Å². The number of fused-ring (bicyclic) bond motifs is 1. The van der Waals surface area contributed by atoms with Crippen LogP contribution in [0.25, 0.3) is 23.1 Å². The quantitative estimate of drug-likeness (QED) is 0.306. The maximum Gasteiger partial charge on any atom is 0.256 e. The van der Waals surface area contributed by atoms with Gasteiger partial charge in [-0.05, 0) is 55.8 Å². The predicted molar refractivity (Wildman–Crippen MR) is 148 cm³/mol. The molecule has 2 aromatic heterocycles. The fourth-order valence-electron chi connectivity index (χ4n) is 4.54. The SMILES string of the molecule is C[C@@H]1CN(c2ccc(C(=O)Nc3n[nH]c4cc(/C=C/c5c(Cl)cncc5Cl)ccc34)cc2)C[C@H](C)N1. The van der Waals surface area contributed by atoms with Crippen LogP contribution in [0.4, 0.5) is 11.5 Å². The van der Waals surface area contributed by atoms with Crippen LogP contribution in [-0.2, 0) is 0 Å². The minimum Gasteiger partial charge on any atom is -0.368 e. The number of carbonyl (C=O) groups is 1. The summed E-state index contributed by atoms with van der Waals surface area (Å²) in [4.78, 5) is 19.2. The highest BCUT2D eigenvalue weighted by Crippen LogP contribution is 2.27. The van der Waals surface area contributed by atoms with Crippen LogP contribution < -0.4 is 15.5 Å². The molecule has 0 saturated carbocycles. The topological polar surface area (TPSA) is 85.9 Å². The van der Waals surface area contributed by atoms with E-state index >= 15 is 0 Å². The number of halogens is 2. The maximum atomic E-state index is 12.9. The second-order valence-corrected chi connectivity index (χ2v) is 9.92. The third kappa shape index (κ3) is 5.23. The molecule has 1 amide bonds. The van der Waals surface area contributed by atoms with Gasteiger partial charge >= 0.3 is 0 Å². The Morgan fingerprint density at radius 1 is 1.03 bits per heavy atom. The lowest BCUT2D eigenvalue weighted by Gasteiger charge is -2.37. The number of nitrogens with one attached hydrogen (secondary N) is 3. The lowest BCUT2D eigenvalue weighted by atomic mass is 10.1. The molecule has 1 saturated heterocycles. The largest absolute Gasteiger partial charge is 0.368 e. The van der Waals surface area contributed by atoms with Crippen molar-refractivity contribution in [2.24, 2.45) is 0 Å². The fraction of sp³-hybridized carbons (Fsp3) is 0.222. The van der Waals surface area contributed by atoms with Crippen LogP contribution in [0.1, 0.15) is 35.3 Å². The summed E-state index contributed by atoms with van der Waals surface area (Å²) in [7, 11) is 0. The number of piperazine rings is 1. The predicted octanol–water partition coefficient (Wildman–Crippen LogP) is 5.87. The van der Waals surface area contributed by atoms with Gasteiger partial charge in [0.2, 0.25) is 0 Å². The van der Waals surface area contributed by atoms with Gasteiger partial charge in [-0.15, -0.1) is 0 Å². The fourth-order valence-corrected chi connectivity index (χ4v) is 5.03. The van der Waals surface area contributed by atoms with Crippen molar-refractivity contribution >= 4 is 63.7 Å². The number of hydrogen-bond acceptors (Lipinski definition) is 5. The molecule has 0 radical (unpaired) electrons. The Morgan fingerprint density at radius 2 is 1.72 bits per heavy atom. The van der Waals surface area contributed by atoms with Gasteiger partial charge in [0.1, 0.15) is 0 Å². The smallest absolute Gasteiger partial charge is 0.256 e. The highest BCUT2D eigenvalue weighted by molar-refractivity contribution is 6.37. The average molecular weight is 521 g/mol. The summed E-state index contributed by atoms with van der Waals surface area (Å²) in [5, 5.41) is 15.5. The molecule has 2 atom stereocenters. The zero-order valence-electron chi connectivity index (χ0n) is 19.9. The van der Waals surface area contributed by atoms with Gasteiger partial charge in [-0.1, -0.05) is 41.4 Å². The van der Waals surface area contributed by atoms with Crippen LogP contribution in [0.3, 0.4) is 0 Å². The van der Waals surface area contributed by atoms with Gasteiger partial charge in [0.25, 0.3) is 5.91 Å². The van der Waals surface area contributed by atoms with Gasteiger partial charge in [-0.3, -0.25) is 14.9 Å². The molecule has 0 spiro atoms. The number of carbonyl (C=O) groups excluding carboxylic acids is 1. The van der Waals surface area contributed by atoms with Crippen molar-refractivity contribution in [3.63, 3.8) is 0 Å². The standard InChI is InChI=1S/C27H26Cl2N6O/c1-16-14-35(15-17(2)31-16)20-7-5-19(6-8-20)27(36)32-26-22-10-4-18(11-25(22)33-34-26)3-9-21-23(28)12-30-13-24(21)29/h3-13,16-17,31H,14-15H2,1-2H3,(H2,32,33,34,36)/b9-3+/t16-,17+. The molecular formula is C27H26Cl2N6O. The molecule has 1 aliphatic heterocycles. The zero-order valence-corrected chi connectivity index (χ0v) is 21.4. The summed E-state index contributed by atoms with van der Waals surface area (Å²) in [6, 6.07) is 14.4. The molecule has 0 unspecified atom stereocenters. The number of amides is 1. The van der Waals surface area contributed by atoms with E-state index < -0.39 is 0 Å². The Balaban J connectivity index is 1.29. The normalized spacial score (nSPS) is 18.2. The molecule has 3 N–H and O–H groups in total. The summed E-state index contributed by atoms with van der Waals surface area (Å²) in [5.74, 6) is 0.280. The molecule has 5 rings (SSSR count). The Labute approximate surface area is 219 Å². The van der Waals surface area contributed by atoms with E-state index in [0.717, 1.165) is 35.2 Å². The van der Waals surface area contributed by atoms with E-state index in [1.165, 1.54) is 0 Å². The monoisotopic (exact) mass is 520 g/mol. The third-order valence-electron chi connectivity index (χ3n) is 6.20. The Bertz CT molecular complexity index is 1400. The average Bonchev–Trinajstić information content (AvgIpc) is 3.25. The number of benzene rings is 2. The summed E-state index contributed by atoms with van der Waals surface area (Å²) in [6.07, 6.45) is 6.87. The molecule has 36 heavy (non-hydrogen) atoms. The van der Waals surface area contributed by atoms with Crippen molar-refractivity contribution in [3.8, 4) is 0 Å². The first-order chi connectivity index (χ1) is 17.4. The number of pyridine rings is 1. The lowest BCUT2D eigenvalue weighted by molar-refractivity contribution is 0.102. The van der Waals surface area contributed by atoms with Gasteiger partial charge in [-0.25, -0.2) is 0 Å². The minimum atomic E-state index is -0.206. The molecule has 1 aliphatic rings. The Hall–Kier alpha value is -3.39. The number of nitrogens with zero attached hydrogens (tertiary/aromatic N) is 3. The molecule has 2 aromatic carbocycles. The van der Waals surface area contributed by atoms with Crippen molar-refractivity contribution in [1.29, 1.82) is 0 Å². The number of rotatable bonds is 5. The highest BCUT2D eigenvalue weighted by atomic mass is 35.5. The highest BCUT2D eigenvalue weighted by Gasteiger charge is 2.21. The molecule has 4 aromatic rings. The Kier molecular flexibility index (Phi) is 6.96. The maximum absolute atomic E-state index is 12.9. The van der Waals surface area contributed by atoms with Gasteiger partial charge in [0.15, 0.2) is 5.82 Å². The minimum absolute atomic E-state index is 0.206. The number of aromatic amines is 1. The summed E-state index contributed by atoms with van der Waals surface area (Å²) in [5.41, 5.74) is 4.14. The number of aromatic nitrogens is 3. The van der Waals surface area contributed by atoms with E-state index in [0.29, 0.717) is 39.1 Å². The molecule has 0 bridgehead atoms. The molecule has 7 nitrogen and oxygen atoms in total. The first kappa shape index (κ1) is 24.3. The molecular weight excluding hydrogens is 495 g/mol. The van der Waals surface area contributed by atoms with Gasteiger partial charge in [0.05, 0.1) is 15.6 Å². The zero-order chi connectivity index (χ0) is 25.2. The summed E-state index contributed by atoms with van der Waals surface area (Å²) in [6.45, 7) is 6.25. The van der Waals surface area contributed by atoms with E-state index in [1.807, 2.05) is 54.6 Å². The second-order valence-electron chi connectivity index (χ2n) is 9.10. The van der Waals surface area contributed by atoms with Crippen LogP contribution in [0.15, 0.2) is 54.9 Å². The number of hydrogen-bond donors (Lipinski definition) is 3. The molecule has 0 aliphatic carbocycles. The van der Waals surface area contributed by atoms with Gasteiger partial charge in [-0.2, -0.15) is 5.10 Å². The van der Waals surface area contributed by atoms with Crippen LogP contribution in [0.5, 0.6) is 0 Å². The van der Waals surface area contributed by atoms with E-state index in [1.54, 1.807) is 12.4 Å². The van der Waals surface area contributed by atoms with Crippen LogP contribution in [0.2, 0.25) is 10.0 Å². The molecule has 3 heterocycles. The number of H-pyrrole nitrogens is 1. The van der Waals surface area contributed by atoms with Crippen molar-refractivity contribution < 1.29 is 4.79 Å². The second kappa shape index (κ2) is 10.3. The first-order valence-electron chi connectivity index (χ1n) is 11.7. The summed E-state index contributed by atoms with van der Waals surface area (Å²) >= 11 is 12.4.